The van der Waals surface area contributed by atoms with E-state index in [1.807, 2.05) is 22.8 Å². The van der Waals surface area contributed by atoms with Crippen molar-refractivity contribution in [2.24, 2.45) is 0 Å². The summed E-state index contributed by atoms with van der Waals surface area (Å²) in [7, 11) is 0. The molecule has 1 aromatic carbocycles. The van der Waals surface area contributed by atoms with E-state index in [1.165, 1.54) is 5.56 Å². The molecule has 2 aromatic rings. The van der Waals surface area contributed by atoms with Crippen LogP contribution in [0, 0.1) is 12.3 Å². The van der Waals surface area contributed by atoms with Crippen molar-refractivity contribution >= 4 is 5.95 Å². The van der Waals surface area contributed by atoms with Crippen molar-refractivity contribution in [1.29, 1.82) is 5.41 Å². The van der Waals surface area contributed by atoms with Crippen molar-refractivity contribution in [2.75, 3.05) is 11.9 Å². The molecule has 86 valence electrons. The lowest BCUT2D eigenvalue weighted by Gasteiger charge is -2.09. The topological polar surface area (TPSA) is 53.7 Å². The Bertz CT molecular complexity index is 628. The fourth-order valence-corrected chi connectivity index (χ4v) is 2.22. The SMILES string of the molecule is Cc1ccccc1-c1cnc2n(c1=N)CCN2. The minimum Gasteiger partial charge on any atom is -0.354 e. The van der Waals surface area contributed by atoms with E-state index in [0.29, 0.717) is 5.49 Å². The molecule has 0 atom stereocenters. The summed E-state index contributed by atoms with van der Waals surface area (Å²) in [6, 6.07) is 8.11. The maximum absolute atomic E-state index is 8.24. The van der Waals surface area contributed by atoms with Crippen molar-refractivity contribution in [1.82, 2.24) is 9.55 Å². The highest BCUT2D eigenvalue weighted by Crippen LogP contribution is 2.20. The Morgan fingerprint density at radius 2 is 2.12 bits per heavy atom. The van der Waals surface area contributed by atoms with E-state index in [1.54, 1.807) is 6.20 Å². The molecule has 0 saturated heterocycles. The lowest BCUT2D eigenvalue weighted by Crippen LogP contribution is -2.20. The Morgan fingerprint density at radius 1 is 1.29 bits per heavy atom. The third-order valence-electron chi connectivity index (χ3n) is 3.15. The number of benzene rings is 1. The highest BCUT2D eigenvalue weighted by molar-refractivity contribution is 5.65. The zero-order valence-corrected chi connectivity index (χ0v) is 9.70. The fourth-order valence-electron chi connectivity index (χ4n) is 2.22. The standard InChI is InChI=1S/C13H14N4/c1-9-4-2-3-5-10(9)11-8-16-13-15-6-7-17(13)12(11)14/h2-5,8,14H,6-7H2,1H3,(H,15,16). The molecule has 1 aliphatic rings. The average Bonchev–Trinajstić information content (AvgIpc) is 2.80. The number of anilines is 1. The van der Waals surface area contributed by atoms with Gasteiger partial charge in [-0.05, 0) is 18.1 Å². The molecule has 2 N–H and O–H groups in total. The van der Waals surface area contributed by atoms with Gasteiger partial charge in [0.15, 0.2) is 0 Å². The summed E-state index contributed by atoms with van der Waals surface area (Å²) in [6.45, 7) is 3.74. The number of nitrogens with one attached hydrogen (secondary N) is 2. The van der Waals surface area contributed by atoms with Crippen molar-refractivity contribution in [3.05, 3.63) is 41.5 Å². The second-order valence-electron chi connectivity index (χ2n) is 4.24. The van der Waals surface area contributed by atoms with Crippen LogP contribution in [-0.2, 0) is 6.54 Å². The Kier molecular flexibility index (Phi) is 2.21. The Labute approximate surface area is 99.5 Å². The number of hydrogen-bond acceptors (Lipinski definition) is 3. The number of aromatic nitrogens is 2. The molecule has 0 saturated carbocycles. The second-order valence-corrected chi connectivity index (χ2v) is 4.24. The summed E-state index contributed by atoms with van der Waals surface area (Å²) in [4.78, 5) is 4.37. The molecular weight excluding hydrogens is 212 g/mol. The quantitative estimate of drug-likeness (QED) is 0.778. The number of hydrogen-bond donors (Lipinski definition) is 2. The number of rotatable bonds is 1. The van der Waals surface area contributed by atoms with E-state index in [-0.39, 0.29) is 0 Å². The number of fused-ring (bicyclic) bond motifs is 1. The Hall–Kier alpha value is -2.10. The van der Waals surface area contributed by atoms with Crippen LogP contribution in [0.4, 0.5) is 5.95 Å². The Morgan fingerprint density at radius 3 is 2.94 bits per heavy atom. The summed E-state index contributed by atoms with van der Waals surface area (Å²) in [6.07, 6.45) is 1.79. The largest absolute Gasteiger partial charge is 0.354 e. The van der Waals surface area contributed by atoms with Crippen molar-refractivity contribution in [2.45, 2.75) is 13.5 Å². The van der Waals surface area contributed by atoms with Gasteiger partial charge in [0.25, 0.3) is 0 Å². The first kappa shape index (κ1) is 10.1. The van der Waals surface area contributed by atoms with Gasteiger partial charge in [-0.2, -0.15) is 0 Å². The van der Waals surface area contributed by atoms with Crippen molar-refractivity contribution in [3.8, 4) is 11.1 Å². The molecule has 0 unspecified atom stereocenters. The molecule has 0 aliphatic carbocycles. The van der Waals surface area contributed by atoms with Crippen LogP contribution in [0.15, 0.2) is 30.5 Å². The minimum atomic E-state index is 0.536. The summed E-state index contributed by atoms with van der Waals surface area (Å²) in [5.41, 5.74) is 3.70. The molecule has 1 aliphatic heterocycles. The van der Waals surface area contributed by atoms with E-state index in [4.69, 9.17) is 5.41 Å². The average molecular weight is 226 g/mol. The van der Waals surface area contributed by atoms with Crippen LogP contribution in [-0.4, -0.2) is 16.1 Å². The first-order valence-electron chi connectivity index (χ1n) is 5.71. The normalized spacial score (nSPS) is 13.2. The van der Waals surface area contributed by atoms with Crippen LogP contribution in [0.3, 0.4) is 0 Å². The van der Waals surface area contributed by atoms with Gasteiger partial charge in [-0.25, -0.2) is 4.98 Å². The van der Waals surface area contributed by atoms with Gasteiger partial charge in [-0.3, -0.25) is 9.98 Å². The molecular formula is C13H14N4. The van der Waals surface area contributed by atoms with E-state index in [0.717, 1.165) is 30.2 Å². The van der Waals surface area contributed by atoms with Gasteiger partial charge in [0.05, 0.1) is 0 Å². The summed E-state index contributed by atoms with van der Waals surface area (Å²) < 4.78 is 1.92. The summed E-state index contributed by atoms with van der Waals surface area (Å²) >= 11 is 0. The minimum absolute atomic E-state index is 0.536. The molecule has 0 radical (unpaired) electrons. The van der Waals surface area contributed by atoms with Gasteiger partial charge >= 0.3 is 0 Å². The molecule has 2 heterocycles. The van der Waals surface area contributed by atoms with E-state index in [9.17, 15) is 0 Å². The number of nitrogens with zero attached hydrogens (tertiary/aromatic N) is 2. The van der Waals surface area contributed by atoms with E-state index >= 15 is 0 Å². The van der Waals surface area contributed by atoms with Crippen LogP contribution in [0.5, 0.6) is 0 Å². The van der Waals surface area contributed by atoms with E-state index in [2.05, 4.69) is 23.3 Å². The second kappa shape index (κ2) is 3.73. The van der Waals surface area contributed by atoms with Gasteiger partial charge in [0.2, 0.25) is 5.95 Å². The monoisotopic (exact) mass is 226 g/mol. The molecule has 4 nitrogen and oxygen atoms in total. The van der Waals surface area contributed by atoms with Crippen LogP contribution < -0.4 is 10.8 Å². The molecule has 0 spiro atoms. The maximum atomic E-state index is 8.24. The predicted molar refractivity (Wildman–Crippen MR) is 66.7 cm³/mol. The van der Waals surface area contributed by atoms with Gasteiger partial charge in [0.1, 0.15) is 5.49 Å². The van der Waals surface area contributed by atoms with Crippen LogP contribution in [0.2, 0.25) is 0 Å². The van der Waals surface area contributed by atoms with E-state index < -0.39 is 0 Å². The van der Waals surface area contributed by atoms with Gasteiger partial charge in [-0.1, -0.05) is 24.3 Å². The zero-order chi connectivity index (χ0) is 11.8. The first-order valence-corrected chi connectivity index (χ1v) is 5.71. The maximum Gasteiger partial charge on any atom is 0.204 e. The zero-order valence-electron chi connectivity index (χ0n) is 9.70. The first-order chi connectivity index (χ1) is 8.27. The lowest BCUT2D eigenvalue weighted by molar-refractivity contribution is 0.736. The van der Waals surface area contributed by atoms with Crippen LogP contribution in [0.1, 0.15) is 5.56 Å². The molecule has 0 bridgehead atoms. The third kappa shape index (κ3) is 1.53. The van der Waals surface area contributed by atoms with Crippen molar-refractivity contribution < 1.29 is 0 Å². The third-order valence-corrected chi connectivity index (χ3v) is 3.15. The smallest absolute Gasteiger partial charge is 0.204 e. The lowest BCUT2D eigenvalue weighted by atomic mass is 10.0. The number of aryl methyl sites for hydroxylation is 1. The van der Waals surface area contributed by atoms with Crippen LogP contribution >= 0.6 is 0 Å². The molecule has 17 heavy (non-hydrogen) atoms. The predicted octanol–water partition coefficient (Wildman–Crippen LogP) is 1.76. The highest BCUT2D eigenvalue weighted by atomic mass is 15.2. The Balaban J connectivity index is 2.24. The van der Waals surface area contributed by atoms with Crippen molar-refractivity contribution in [3.63, 3.8) is 0 Å². The highest BCUT2D eigenvalue weighted by Gasteiger charge is 2.14. The van der Waals surface area contributed by atoms with Gasteiger partial charge in [0, 0.05) is 24.8 Å². The molecule has 0 amide bonds. The molecule has 3 rings (SSSR count). The summed E-state index contributed by atoms with van der Waals surface area (Å²) in [5, 5.41) is 11.4. The van der Waals surface area contributed by atoms with Gasteiger partial charge < -0.3 is 5.32 Å². The molecule has 1 aromatic heterocycles. The fraction of sp³-hybridized carbons (Fsp3) is 0.231. The molecule has 4 heteroatoms. The molecule has 0 fully saturated rings. The van der Waals surface area contributed by atoms with Crippen LogP contribution in [0.25, 0.3) is 11.1 Å². The summed E-state index contributed by atoms with van der Waals surface area (Å²) in [5.74, 6) is 0.798. The van der Waals surface area contributed by atoms with Gasteiger partial charge in [-0.15, -0.1) is 0 Å².